The number of piperidine rings is 1. The summed E-state index contributed by atoms with van der Waals surface area (Å²) in [4.78, 5) is 27.6. The van der Waals surface area contributed by atoms with Crippen LogP contribution in [0.15, 0.2) is 41.9 Å². The molecule has 28 heavy (non-hydrogen) atoms. The molecule has 0 N–H and O–H groups in total. The van der Waals surface area contributed by atoms with E-state index in [1.807, 2.05) is 0 Å². The van der Waals surface area contributed by atoms with Crippen LogP contribution in [0.5, 0.6) is 5.88 Å². The Bertz CT molecular complexity index is 886. The van der Waals surface area contributed by atoms with Gasteiger partial charge in [0.25, 0.3) is 5.91 Å². The van der Waals surface area contributed by atoms with Gasteiger partial charge in [-0.1, -0.05) is 5.16 Å². The van der Waals surface area contributed by atoms with Gasteiger partial charge in [-0.05, 0) is 18.2 Å². The molecule has 0 aliphatic carbocycles. The zero-order chi connectivity index (χ0) is 19.5. The number of halogens is 2. The molecule has 0 unspecified atom stereocenters. The maximum Gasteiger partial charge on any atom is 0.266 e. The Balaban J connectivity index is 1.31. The Labute approximate surface area is 160 Å². The van der Waals surface area contributed by atoms with Crippen molar-refractivity contribution in [1.29, 1.82) is 0 Å². The zero-order valence-electron chi connectivity index (χ0n) is 14.9. The van der Waals surface area contributed by atoms with E-state index in [0.29, 0.717) is 31.8 Å². The van der Waals surface area contributed by atoms with Crippen LogP contribution in [-0.4, -0.2) is 51.8 Å². The third kappa shape index (κ3) is 3.92. The van der Waals surface area contributed by atoms with E-state index >= 15 is 0 Å². The van der Waals surface area contributed by atoms with Gasteiger partial charge in [0.05, 0.1) is 11.9 Å². The number of nitrogens with zero attached hydrogens (tertiary/aromatic N) is 4. The molecular formula is C19H18F2N4O3. The van der Waals surface area contributed by atoms with E-state index in [-0.39, 0.29) is 29.7 Å². The second kappa shape index (κ2) is 7.87. The fraction of sp³-hybridized carbons (Fsp3) is 0.368. The van der Waals surface area contributed by atoms with Crippen molar-refractivity contribution >= 4 is 11.6 Å². The maximum absolute atomic E-state index is 13.9. The van der Waals surface area contributed by atoms with Crippen molar-refractivity contribution < 1.29 is 23.1 Å². The molecule has 0 radical (unpaired) electrons. The predicted molar refractivity (Wildman–Crippen MR) is 94.6 cm³/mol. The summed E-state index contributed by atoms with van der Waals surface area (Å²) in [6.45, 7) is 1.01. The van der Waals surface area contributed by atoms with Crippen molar-refractivity contribution in [3.8, 4) is 5.88 Å². The minimum atomic E-state index is -0.824. The molecule has 1 fully saturated rings. The van der Waals surface area contributed by atoms with Crippen molar-refractivity contribution in [3.05, 3.63) is 54.0 Å². The molecule has 1 aromatic heterocycles. The molecule has 2 aliphatic heterocycles. The number of likely N-dealkylation sites (tertiary alicyclic amines) is 1. The number of ether oxygens (including phenoxy) is 1. The summed E-state index contributed by atoms with van der Waals surface area (Å²) in [5, 5.41) is 3.80. The number of carbonyl (C=O) groups excluding carboxylic acids is 1. The third-order valence-electron chi connectivity index (χ3n) is 4.76. The molecule has 1 aromatic carbocycles. The molecule has 1 atom stereocenters. The lowest BCUT2D eigenvalue weighted by Crippen LogP contribution is -2.46. The molecule has 0 saturated carbocycles. The second-order valence-corrected chi connectivity index (χ2v) is 6.65. The van der Waals surface area contributed by atoms with E-state index in [9.17, 15) is 13.6 Å². The number of benzene rings is 1. The molecule has 1 amide bonds. The molecule has 7 nitrogen and oxygen atoms in total. The average molecular weight is 388 g/mol. The van der Waals surface area contributed by atoms with Gasteiger partial charge in [0.1, 0.15) is 17.7 Å². The number of aromatic nitrogens is 2. The zero-order valence-corrected chi connectivity index (χ0v) is 14.9. The van der Waals surface area contributed by atoms with Gasteiger partial charge in [0.15, 0.2) is 0 Å². The van der Waals surface area contributed by atoms with Crippen LogP contribution in [0.3, 0.4) is 0 Å². The van der Waals surface area contributed by atoms with Crippen LogP contribution in [-0.2, 0) is 9.63 Å². The highest BCUT2D eigenvalue weighted by atomic mass is 19.1. The quantitative estimate of drug-likeness (QED) is 0.803. The molecular weight excluding hydrogens is 370 g/mol. The summed E-state index contributed by atoms with van der Waals surface area (Å²) in [6.07, 6.45) is 5.23. The van der Waals surface area contributed by atoms with Gasteiger partial charge in [0.2, 0.25) is 12.0 Å². The number of amides is 1. The van der Waals surface area contributed by atoms with Crippen molar-refractivity contribution in [2.24, 2.45) is 5.16 Å². The number of rotatable bonds is 4. The molecule has 2 aromatic rings. The number of hydrogen-bond donors (Lipinski definition) is 0. The maximum atomic E-state index is 13.9. The lowest BCUT2D eigenvalue weighted by atomic mass is 10.0. The minimum Gasteiger partial charge on any atom is -0.473 e. The van der Waals surface area contributed by atoms with Gasteiger partial charge in [-0.2, -0.15) is 0 Å². The summed E-state index contributed by atoms with van der Waals surface area (Å²) < 4.78 is 33.1. The molecule has 0 spiro atoms. The van der Waals surface area contributed by atoms with E-state index in [0.717, 1.165) is 18.2 Å². The van der Waals surface area contributed by atoms with Crippen LogP contribution < -0.4 is 4.74 Å². The Hall–Kier alpha value is -3.10. The van der Waals surface area contributed by atoms with E-state index in [1.54, 1.807) is 23.5 Å². The van der Waals surface area contributed by atoms with Gasteiger partial charge in [-0.15, -0.1) is 0 Å². The highest BCUT2D eigenvalue weighted by Gasteiger charge is 2.35. The molecule has 2 aliphatic rings. The Kier molecular flexibility index (Phi) is 5.14. The number of carbonyl (C=O) groups is 1. The summed E-state index contributed by atoms with van der Waals surface area (Å²) in [5.74, 6) is -0.923. The van der Waals surface area contributed by atoms with Crippen LogP contribution in [0.2, 0.25) is 0 Å². The predicted octanol–water partition coefficient (Wildman–Crippen LogP) is 2.32. The molecule has 4 rings (SSSR count). The first-order valence-electron chi connectivity index (χ1n) is 9.00. The van der Waals surface area contributed by atoms with Crippen LogP contribution in [0, 0.1) is 11.6 Å². The van der Waals surface area contributed by atoms with Crippen LogP contribution in [0.1, 0.15) is 24.8 Å². The number of hydrogen-bond acceptors (Lipinski definition) is 6. The van der Waals surface area contributed by atoms with Crippen molar-refractivity contribution in [1.82, 2.24) is 14.9 Å². The Morgan fingerprint density at radius 1 is 1.21 bits per heavy atom. The van der Waals surface area contributed by atoms with E-state index in [4.69, 9.17) is 9.57 Å². The molecule has 146 valence electrons. The van der Waals surface area contributed by atoms with E-state index < -0.39 is 17.7 Å². The first kappa shape index (κ1) is 18.3. The molecule has 9 heteroatoms. The van der Waals surface area contributed by atoms with Crippen molar-refractivity contribution in [2.75, 3.05) is 13.1 Å². The largest absolute Gasteiger partial charge is 0.473 e. The standard InChI is InChI=1S/C19H18F2N4O3/c20-12-1-2-15(21)14(9-12)16-10-17(28-24-16)19(26)25-7-3-13(4-8-25)27-18-11-22-5-6-23-18/h1-2,5-6,9,11,13,17H,3-4,7-8,10H2/t17-/m0/s1. The van der Waals surface area contributed by atoms with Crippen LogP contribution >= 0.6 is 0 Å². The minimum absolute atomic E-state index is 0.0198. The number of oxime groups is 1. The van der Waals surface area contributed by atoms with Gasteiger partial charge in [-0.3, -0.25) is 9.78 Å². The van der Waals surface area contributed by atoms with Crippen molar-refractivity contribution in [3.63, 3.8) is 0 Å². The monoisotopic (exact) mass is 388 g/mol. The normalized spacial score (nSPS) is 19.9. The van der Waals surface area contributed by atoms with Gasteiger partial charge in [-0.25, -0.2) is 13.8 Å². The highest BCUT2D eigenvalue weighted by Crippen LogP contribution is 2.23. The Morgan fingerprint density at radius 3 is 2.79 bits per heavy atom. The Morgan fingerprint density at radius 2 is 2.04 bits per heavy atom. The first-order chi connectivity index (χ1) is 13.6. The molecule has 1 saturated heterocycles. The second-order valence-electron chi connectivity index (χ2n) is 6.65. The van der Waals surface area contributed by atoms with E-state index in [1.165, 1.54) is 0 Å². The average Bonchev–Trinajstić information content (AvgIpc) is 3.21. The molecule has 0 bridgehead atoms. The smallest absolute Gasteiger partial charge is 0.266 e. The fourth-order valence-corrected chi connectivity index (χ4v) is 3.30. The van der Waals surface area contributed by atoms with Gasteiger partial charge in [0, 0.05) is 50.3 Å². The lowest BCUT2D eigenvalue weighted by Gasteiger charge is -2.32. The van der Waals surface area contributed by atoms with Crippen LogP contribution in [0.4, 0.5) is 8.78 Å². The first-order valence-corrected chi connectivity index (χ1v) is 9.00. The van der Waals surface area contributed by atoms with Gasteiger partial charge >= 0.3 is 0 Å². The summed E-state index contributed by atoms with van der Waals surface area (Å²) in [6, 6.07) is 3.12. The summed E-state index contributed by atoms with van der Waals surface area (Å²) >= 11 is 0. The van der Waals surface area contributed by atoms with Gasteiger partial charge < -0.3 is 14.5 Å². The summed E-state index contributed by atoms with van der Waals surface area (Å²) in [5.41, 5.74) is 0.252. The SMILES string of the molecule is O=C([C@@H]1CC(c2cc(F)ccc2F)=NO1)N1CCC(Oc2cnccn2)CC1. The van der Waals surface area contributed by atoms with Crippen LogP contribution in [0.25, 0.3) is 0 Å². The summed E-state index contributed by atoms with van der Waals surface area (Å²) in [7, 11) is 0. The fourth-order valence-electron chi connectivity index (χ4n) is 3.30. The lowest BCUT2D eigenvalue weighted by molar-refractivity contribution is -0.143. The highest BCUT2D eigenvalue weighted by molar-refractivity contribution is 6.04. The topological polar surface area (TPSA) is 76.9 Å². The third-order valence-corrected chi connectivity index (χ3v) is 4.76. The van der Waals surface area contributed by atoms with Crippen molar-refractivity contribution in [2.45, 2.75) is 31.5 Å². The molecule has 3 heterocycles. The van der Waals surface area contributed by atoms with E-state index in [2.05, 4.69) is 15.1 Å².